The van der Waals surface area contributed by atoms with Gasteiger partial charge in [-0.1, -0.05) is 0 Å². The van der Waals surface area contributed by atoms with E-state index < -0.39 is 0 Å². The SMILES string of the molecule is NC(=O)CN1CCCC(C(=O)N2CCC3(CCCO3)CC2)C1. The Hall–Kier alpha value is -1.14. The number of likely N-dealkylation sites (tertiary alicyclic amines) is 2. The molecule has 3 saturated heterocycles. The van der Waals surface area contributed by atoms with Gasteiger partial charge < -0.3 is 15.4 Å². The third kappa shape index (κ3) is 3.43. The summed E-state index contributed by atoms with van der Waals surface area (Å²) in [6.45, 7) is 4.29. The quantitative estimate of drug-likeness (QED) is 0.816. The van der Waals surface area contributed by atoms with Crippen LogP contribution in [0.25, 0.3) is 0 Å². The van der Waals surface area contributed by atoms with Gasteiger partial charge in [0.05, 0.1) is 18.1 Å². The molecule has 0 saturated carbocycles. The molecule has 2 amide bonds. The summed E-state index contributed by atoms with van der Waals surface area (Å²) in [4.78, 5) is 27.8. The van der Waals surface area contributed by atoms with Crippen molar-refractivity contribution in [2.75, 3.05) is 39.3 Å². The summed E-state index contributed by atoms with van der Waals surface area (Å²) < 4.78 is 5.92. The van der Waals surface area contributed by atoms with Gasteiger partial charge in [0.2, 0.25) is 11.8 Å². The lowest BCUT2D eigenvalue weighted by Gasteiger charge is -2.41. The Kier molecular flexibility index (Phi) is 4.68. The number of nitrogens with zero attached hydrogens (tertiary/aromatic N) is 2. The minimum absolute atomic E-state index is 0.0200. The van der Waals surface area contributed by atoms with Gasteiger partial charge in [0.1, 0.15) is 0 Å². The maximum absolute atomic E-state index is 12.7. The van der Waals surface area contributed by atoms with Crippen molar-refractivity contribution in [3.8, 4) is 0 Å². The molecule has 6 nitrogen and oxygen atoms in total. The van der Waals surface area contributed by atoms with Crippen molar-refractivity contribution in [2.45, 2.75) is 44.1 Å². The van der Waals surface area contributed by atoms with Crippen molar-refractivity contribution >= 4 is 11.8 Å². The van der Waals surface area contributed by atoms with Gasteiger partial charge in [-0.2, -0.15) is 0 Å². The van der Waals surface area contributed by atoms with Crippen LogP contribution in [-0.2, 0) is 14.3 Å². The molecule has 1 spiro atoms. The minimum Gasteiger partial charge on any atom is -0.375 e. The van der Waals surface area contributed by atoms with E-state index in [0.717, 1.165) is 64.8 Å². The highest BCUT2D eigenvalue weighted by Crippen LogP contribution is 2.36. The van der Waals surface area contributed by atoms with Gasteiger partial charge in [0.25, 0.3) is 0 Å². The Morgan fingerprint density at radius 3 is 2.55 bits per heavy atom. The molecule has 0 radical (unpaired) electrons. The fourth-order valence-electron chi connectivity index (χ4n) is 4.16. The predicted molar refractivity (Wildman–Crippen MR) is 82.1 cm³/mol. The van der Waals surface area contributed by atoms with Crippen molar-refractivity contribution < 1.29 is 14.3 Å². The number of rotatable bonds is 3. The summed E-state index contributed by atoms with van der Waals surface area (Å²) in [5.41, 5.74) is 5.32. The van der Waals surface area contributed by atoms with Crippen LogP contribution in [0.5, 0.6) is 0 Å². The summed E-state index contributed by atoms with van der Waals surface area (Å²) in [7, 11) is 0. The zero-order valence-electron chi connectivity index (χ0n) is 13.3. The standard InChI is InChI=1S/C16H27N3O3/c17-14(20)12-18-7-1-3-13(11-18)15(21)19-8-5-16(6-9-19)4-2-10-22-16/h13H,1-12H2,(H2,17,20). The van der Waals surface area contributed by atoms with E-state index in [2.05, 4.69) is 0 Å². The van der Waals surface area contributed by atoms with Crippen LogP contribution in [0.3, 0.4) is 0 Å². The molecule has 6 heteroatoms. The molecule has 124 valence electrons. The molecule has 1 atom stereocenters. The van der Waals surface area contributed by atoms with Gasteiger partial charge >= 0.3 is 0 Å². The van der Waals surface area contributed by atoms with Crippen LogP contribution < -0.4 is 5.73 Å². The second kappa shape index (κ2) is 6.54. The van der Waals surface area contributed by atoms with Gasteiger partial charge in [-0.15, -0.1) is 0 Å². The Labute approximate surface area is 131 Å². The van der Waals surface area contributed by atoms with Crippen molar-refractivity contribution in [3.63, 3.8) is 0 Å². The number of carbonyl (C=O) groups is 2. The van der Waals surface area contributed by atoms with Gasteiger partial charge in [0, 0.05) is 26.2 Å². The molecule has 1 unspecified atom stereocenters. The first-order valence-corrected chi connectivity index (χ1v) is 8.51. The van der Waals surface area contributed by atoms with Crippen LogP contribution >= 0.6 is 0 Å². The number of hydrogen-bond acceptors (Lipinski definition) is 4. The molecule has 2 N–H and O–H groups in total. The molecule has 3 aliphatic rings. The van der Waals surface area contributed by atoms with E-state index in [0.29, 0.717) is 6.54 Å². The topological polar surface area (TPSA) is 75.9 Å². The normalized spacial score (nSPS) is 28.9. The van der Waals surface area contributed by atoms with Crippen LogP contribution in [0, 0.1) is 5.92 Å². The molecule has 3 aliphatic heterocycles. The lowest BCUT2D eigenvalue weighted by molar-refractivity contribution is -0.142. The Morgan fingerprint density at radius 2 is 1.91 bits per heavy atom. The molecular weight excluding hydrogens is 282 g/mol. The summed E-state index contributed by atoms with van der Waals surface area (Å²) >= 11 is 0. The molecule has 3 rings (SSSR count). The number of amides is 2. The first-order chi connectivity index (χ1) is 10.6. The molecule has 0 aromatic carbocycles. The zero-order chi connectivity index (χ0) is 15.6. The van der Waals surface area contributed by atoms with Crippen LogP contribution in [0.15, 0.2) is 0 Å². The van der Waals surface area contributed by atoms with Crippen molar-refractivity contribution in [1.82, 2.24) is 9.80 Å². The van der Waals surface area contributed by atoms with E-state index in [1.807, 2.05) is 9.80 Å². The molecule has 22 heavy (non-hydrogen) atoms. The Balaban J connectivity index is 1.52. The molecule has 3 heterocycles. The summed E-state index contributed by atoms with van der Waals surface area (Å²) in [6.07, 6.45) is 6.12. The Morgan fingerprint density at radius 1 is 1.14 bits per heavy atom. The Bertz CT molecular complexity index is 424. The molecular formula is C16H27N3O3. The number of ether oxygens (including phenoxy) is 1. The number of nitrogens with two attached hydrogens (primary N) is 1. The molecule has 0 aromatic rings. The molecule has 0 aromatic heterocycles. The second-order valence-electron chi connectivity index (χ2n) is 7.00. The third-order valence-electron chi connectivity index (χ3n) is 5.41. The highest BCUT2D eigenvalue weighted by Gasteiger charge is 2.40. The summed E-state index contributed by atoms with van der Waals surface area (Å²) in [5, 5.41) is 0. The van der Waals surface area contributed by atoms with E-state index in [4.69, 9.17) is 10.5 Å². The first-order valence-electron chi connectivity index (χ1n) is 8.51. The molecule has 0 bridgehead atoms. The van der Waals surface area contributed by atoms with Crippen molar-refractivity contribution in [2.24, 2.45) is 11.7 Å². The molecule has 3 fully saturated rings. The largest absolute Gasteiger partial charge is 0.375 e. The third-order valence-corrected chi connectivity index (χ3v) is 5.41. The van der Waals surface area contributed by atoms with Crippen LogP contribution in [0.1, 0.15) is 38.5 Å². The fourth-order valence-corrected chi connectivity index (χ4v) is 4.16. The fraction of sp³-hybridized carbons (Fsp3) is 0.875. The number of hydrogen-bond donors (Lipinski definition) is 1. The number of carbonyl (C=O) groups excluding carboxylic acids is 2. The van der Waals surface area contributed by atoms with Crippen LogP contribution in [0.2, 0.25) is 0 Å². The predicted octanol–water partition coefficient (Wildman–Crippen LogP) is 0.355. The van der Waals surface area contributed by atoms with Crippen LogP contribution in [0.4, 0.5) is 0 Å². The van der Waals surface area contributed by atoms with E-state index in [-0.39, 0.29) is 29.9 Å². The second-order valence-corrected chi connectivity index (χ2v) is 7.00. The maximum atomic E-state index is 12.7. The van der Waals surface area contributed by atoms with E-state index in [1.165, 1.54) is 0 Å². The first kappa shape index (κ1) is 15.7. The number of primary amides is 1. The van der Waals surface area contributed by atoms with Gasteiger partial charge in [0.15, 0.2) is 0 Å². The lowest BCUT2D eigenvalue weighted by Crippen LogP contribution is -2.51. The van der Waals surface area contributed by atoms with E-state index in [1.54, 1.807) is 0 Å². The average molecular weight is 309 g/mol. The smallest absolute Gasteiger partial charge is 0.231 e. The van der Waals surface area contributed by atoms with E-state index in [9.17, 15) is 9.59 Å². The highest BCUT2D eigenvalue weighted by molar-refractivity contribution is 5.80. The molecule has 0 aliphatic carbocycles. The van der Waals surface area contributed by atoms with Gasteiger partial charge in [-0.25, -0.2) is 0 Å². The zero-order valence-corrected chi connectivity index (χ0v) is 13.3. The van der Waals surface area contributed by atoms with Crippen molar-refractivity contribution in [1.29, 1.82) is 0 Å². The van der Waals surface area contributed by atoms with Crippen LogP contribution in [-0.4, -0.2) is 66.5 Å². The monoisotopic (exact) mass is 309 g/mol. The minimum atomic E-state index is -0.314. The summed E-state index contributed by atoms with van der Waals surface area (Å²) in [5.74, 6) is -0.0416. The van der Waals surface area contributed by atoms with E-state index >= 15 is 0 Å². The average Bonchev–Trinajstić information content (AvgIpc) is 2.95. The van der Waals surface area contributed by atoms with Crippen molar-refractivity contribution in [3.05, 3.63) is 0 Å². The van der Waals surface area contributed by atoms with Gasteiger partial charge in [-0.3, -0.25) is 14.5 Å². The lowest BCUT2D eigenvalue weighted by atomic mass is 9.87. The van der Waals surface area contributed by atoms with Gasteiger partial charge in [-0.05, 0) is 45.1 Å². The maximum Gasteiger partial charge on any atom is 0.231 e. The number of piperidine rings is 2. The summed E-state index contributed by atoms with van der Waals surface area (Å²) in [6, 6.07) is 0. The highest BCUT2D eigenvalue weighted by atomic mass is 16.5.